The summed E-state index contributed by atoms with van der Waals surface area (Å²) in [6.45, 7) is 5.41. The molecule has 0 saturated carbocycles. The van der Waals surface area contributed by atoms with Crippen molar-refractivity contribution in [3.63, 3.8) is 0 Å². The molecule has 3 saturated heterocycles. The molecule has 0 aliphatic carbocycles. The van der Waals surface area contributed by atoms with Gasteiger partial charge in [-0.15, -0.1) is 11.3 Å². The molecular formula is C83H92Cl4N10O28S. The van der Waals surface area contributed by atoms with E-state index >= 15 is 24.0 Å². The number of fused-ring (bicyclic) bond motifs is 15. The first-order chi connectivity index (χ1) is 59.7. The highest BCUT2D eigenvalue weighted by Crippen LogP contribution is 2.51. The zero-order valence-corrected chi connectivity index (χ0v) is 71.2. The van der Waals surface area contributed by atoms with Crippen molar-refractivity contribution >= 4 is 105 Å². The van der Waals surface area contributed by atoms with E-state index in [1.165, 1.54) is 44.4 Å². The Kier molecular flexibility index (Phi) is 29.0. The van der Waals surface area contributed by atoms with Gasteiger partial charge in [-0.2, -0.15) is 0 Å². The Bertz CT molecular complexity index is 5290. The number of phenols is 3. The van der Waals surface area contributed by atoms with E-state index in [2.05, 4.69) is 42.5 Å². The van der Waals surface area contributed by atoms with Gasteiger partial charge in [-0.05, 0) is 146 Å². The molecule has 0 radical (unpaired) electrons. The Morgan fingerprint density at radius 1 is 0.651 bits per heavy atom. The van der Waals surface area contributed by atoms with Crippen molar-refractivity contribution in [1.82, 2.24) is 42.5 Å². The minimum atomic E-state index is -2.43. The van der Waals surface area contributed by atoms with Crippen molar-refractivity contribution in [2.45, 2.75) is 193 Å². The van der Waals surface area contributed by atoms with Gasteiger partial charge in [-0.25, -0.2) is 4.79 Å². The molecule has 1 aromatic heterocycles. The molecule has 24 N–H and O–H groups in total. The van der Waals surface area contributed by atoms with Crippen LogP contribution in [0.25, 0.3) is 21.6 Å². The molecule has 43 heteroatoms. The van der Waals surface area contributed by atoms with Crippen molar-refractivity contribution < 1.29 is 138 Å². The molecule has 676 valence electrons. The van der Waals surface area contributed by atoms with Gasteiger partial charge in [-0.1, -0.05) is 78.5 Å². The van der Waals surface area contributed by atoms with Gasteiger partial charge in [0.15, 0.2) is 30.1 Å². The number of rotatable bonds is 20. The quantitative estimate of drug-likeness (QED) is 0.0521. The summed E-state index contributed by atoms with van der Waals surface area (Å²) in [5.41, 5.74) is 8.73. The van der Waals surface area contributed by atoms with Crippen LogP contribution in [-0.4, -0.2) is 238 Å². The number of amides is 7. The molecule has 7 aromatic rings. The molecular weight excluding hydrogens is 1760 g/mol. The highest BCUT2D eigenvalue weighted by Gasteiger charge is 2.53. The number of aliphatic hydroxyl groups is 8. The minimum absolute atomic E-state index is 0.132. The van der Waals surface area contributed by atoms with Gasteiger partial charge in [0.25, 0.3) is 0 Å². The summed E-state index contributed by atoms with van der Waals surface area (Å²) in [6, 6.07) is 7.69. The van der Waals surface area contributed by atoms with Crippen molar-refractivity contribution in [3.8, 4) is 67.6 Å². The van der Waals surface area contributed by atoms with Crippen LogP contribution < -0.4 is 68.2 Å². The number of hydrogen-bond donors (Lipinski definition) is 22. The number of halogens is 4. The number of primary amides is 1. The molecule has 0 spiro atoms. The minimum Gasteiger partial charge on any atom is -0.508 e. The summed E-state index contributed by atoms with van der Waals surface area (Å²) in [5, 5.41) is 160. The van der Waals surface area contributed by atoms with Crippen LogP contribution in [0.15, 0.2) is 109 Å². The van der Waals surface area contributed by atoms with Gasteiger partial charge in [0.2, 0.25) is 53.4 Å². The van der Waals surface area contributed by atoms with E-state index in [-0.39, 0.29) is 43.0 Å². The number of phenolic OH excluding ortho intramolecular Hbond substituents is 3. The molecule has 9 heterocycles. The maximum absolute atomic E-state index is 16.4. The lowest BCUT2D eigenvalue weighted by Crippen LogP contribution is -2.65. The Labute approximate surface area is 741 Å². The van der Waals surface area contributed by atoms with Crippen LogP contribution in [-0.2, 0) is 68.6 Å². The third kappa shape index (κ3) is 20.5. The Balaban J connectivity index is 0.964. The molecule has 11 bridgehead atoms. The van der Waals surface area contributed by atoms with Crippen LogP contribution in [0, 0.1) is 5.92 Å². The average Bonchev–Trinajstić information content (AvgIpc) is 0.814. The van der Waals surface area contributed by atoms with Crippen LogP contribution >= 0.6 is 57.7 Å². The molecule has 2 unspecified atom stereocenters. The van der Waals surface area contributed by atoms with Gasteiger partial charge in [0.1, 0.15) is 120 Å². The van der Waals surface area contributed by atoms with Gasteiger partial charge in [0.05, 0.1) is 41.3 Å². The van der Waals surface area contributed by atoms with E-state index in [0.717, 1.165) is 82.0 Å². The van der Waals surface area contributed by atoms with Gasteiger partial charge >= 0.3 is 5.97 Å². The predicted molar refractivity (Wildman–Crippen MR) is 446 cm³/mol. The average molecular weight is 1850 g/mol. The number of benzene rings is 6. The molecule has 15 rings (SSSR count). The largest absolute Gasteiger partial charge is 0.508 e. The fourth-order valence-corrected chi connectivity index (χ4v) is 17.6. The number of aliphatic carboxylic acids is 1. The van der Waals surface area contributed by atoms with Crippen molar-refractivity contribution in [2.24, 2.45) is 17.4 Å². The lowest BCUT2D eigenvalue weighted by atomic mass is 9.86. The number of nitrogens with two attached hydrogens (primary N) is 2. The molecule has 23 atom stereocenters. The van der Waals surface area contributed by atoms with Gasteiger partial charge in [-0.3, -0.25) is 33.6 Å². The van der Waals surface area contributed by atoms with Crippen LogP contribution in [0.2, 0.25) is 20.1 Å². The van der Waals surface area contributed by atoms with Crippen LogP contribution in [0.4, 0.5) is 0 Å². The summed E-state index contributed by atoms with van der Waals surface area (Å²) in [6.07, 6.45) is -29.2. The first-order valence-corrected chi connectivity index (χ1v) is 41.9. The maximum atomic E-state index is 16.4. The fourth-order valence-electron chi connectivity index (χ4n) is 15.7. The number of thiophene rings is 1. The normalized spacial score (nSPS) is 29.6. The second kappa shape index (κ2) is 39.0. The standard InChI is InChI=1S/C83H92Cl4N10O28S/c1-30(2)14-45(90-5)74(110)96-62-64(103)33-7-11-49(43(86)18-33)119-51-20-36-21-52(71(51)124-82-69(108)67(106)72(54(29-98)122-82)125-81-68(107)66(105)65(104)53(121-81)28-91-27-40-9-13-55(126-40)35-15-37(84)22-38(85)16-35)120-50-12-8-34(19-44(50)87)70(123-57-26-83(4,89)73(109)31(3)118-57)63-79(115)95-61(80(116)117)42-23-39(99)24-48(101)58(42)41-17-32(6-10-47(41)100)59(76(112)97-63)94-77(113)60(36)93-75(111)46(25-56(88)102)92-78(62)114/h6-13,15-24,30-31,45-46,53-54,57,59-70,72-73,81-82,90-91,98-101,103-109H,14,25-29,89H2,1-5H3,(H2,88,102)(H,92,114)(H,93,111)(H,94,113)(H,95,115)(H,96,110)(H,97,112)(H,116,117)/t31-,45+,46+,53+,54+,57?,59+,60+,61+,62?,63-,64+,65-,66-,67+,68+,69+,70+,72+,73-,81-,82-,83-/m0/s1. The first kappa shape index (κ1) is 93.7. The molecule has 6 aromatic carbocycles. The van der Waals surface area contributed by atoms with Crippen molar-refractivity contribution in [1.29, 1.82) is 0 Å². The summed E-state index contributed by atoms with van der Waals surface area (Å²) in [7, 11) is 1.46. The topological polar surface area (TPSA) is 601 Å². The van der Waals surface area contributed by atoms with Crippen molar-refractivity contribution in [2.75, 3.05) is 20.2 Å². The number of aromatic hydroxyl groups is 3. The van der Waals surface area contributed by atoms with E-state index in [4.69, 9.17) is 95.8 Å². The summed E-state index contributed by atoms with van der Waals surface area (Å²) in [5.74, 6) is -16.7. The molecule has 8 aliphatic heterocycles. The number of carbonyl (C=O) groups is 8. The zero-order chi connectivity index (χ0) is 91.1. The van der Waals surface area contributed by atoms with Crippen molar-refractivity contribution in [3.05, 3.63) is 162 Å². The number of aliphatic hydroxyl groups excluding tert-OH is 8. The predicted octanol–water partition coefficient (Wildman–Crippen LogP) is 2.76. The van der Waals surface area contributed by atoms with Crippen LogP contribution in [0.5, 0.6) is 46.0 Å². The highest BCUT2D eigenvalue weighted by atomic mass is 35.5. The Morgan fingerprint density at radius 2 is 1.28 bits per heavy atom. The number of carboxylic acids is 1. The second-order valence-electron chi connectivity index (χ2n) is 31.9. The van der Waals surface area contributed by atoms with E-state index in [9.17, 15) is 75.7 Å². The van der Waals surface area contributed by atoms with Crippen LogP contribution in [0.3, 0.4) is 0 Å². The number of nitrogens with one attached hydrogen (secondary N) is 8. The maximum Gasteiger partial charge on any atom is 0.330 e. The van der Waals surface area contributed by atoms with E-state index in [1.54, 1.807) is 32.0 Å². The smallest absolute Gasteiger partial charge is 0.330 e. The van der Waals surface area contributed by atoms with Crippen LogP contribution in [0.1, 0.15) is 110 Å². The SMILES string of the molecule is CN[C@H](CC(C)C)C(=O)NC1C(=O)N[C@H](CC(N)=O)C(=O)N[C@H]2C(=O)N[C@H]3C(=O)N[C@H](C(=O)N[C@@H](C(=O)O)c4cc(O)cc(O)c4-c4cc3ccc4O)[C@H](OC3C[C@](C)(N)[C@@H](O)[C@H](C)O3)c3ccc(c(Cl)c3)Oc3cc2cc(c3O[C@@H]2O[C@H](CO)[C@@H](O[C@@H]3O[C@H](CNCc4ccc(-c5cc(Cl)cc(Cl)c5)s4)[C@H](O)[C@H](O)[C@H]3O)[C@H](O)[C@H]2O)Oc2ccc(cc2Cl)[C@H]1O. The number of likely N-dealkylation sites (N-methyl/N-ethyl adjacent to an activating group) is 1. The Hall–Kier alpha value is -9.90. The monoisotopic (exact) mass is 1850 g/mol. The zero-order valence-electron chi connectivity index (χ0n) is 67.4. The van der Waals surface area contributed by atoms with Gasteiger partial charge in [0, 0.05) is 67.6 Å². The summed E-state index contributed by atoms with van der Waals surface area (Å²) < 4.78 is 51.2. The lowest BCUT2D eigenvalue weighted by Gasteiger charge is -2.46. The molecule has 126 heavy (non-hydrogen) atoms. The first-order valence-electron chi connectivity index (χ1n) is 39.6. The number of ether oxygens (including phenoxy) is 8. The van der Waals surface area contributed by atoms with E-state index in [0.29, 0.717) is 10.0 Å². The van der Waals surface area contributed by atoms with E-state index < -0.39 is 284 Å². The van der Waals surface area contributed by atoms with E-state index in [1.807, 2.05) is 12.1 Å². The Morgan fingerprint density at radius 3 is 1.91 bits per heavy atom. The second-order valence-corrected chi connectivity index (χ2v) is 34.8. The lowest BCUT2D eigenvalue weighted by molar-refractivity contribution is -0.350. The highest BCUT2D eigenvalue weighted by molar-refractivity contribution is 7.15. The fraction of sp³-hybridized carbons (Fsp3) is 0.422. The molecule has 3 fully saturated rings. The molecule has 7 amide bonds. The third-order valence-electron chi connectivity index (χ3n) is 22.1. The number of carboxylic acid groups (broad SMARTS) is 1. The van der Waals surface area contributed by atoms with Gasteiger partial charge < -0.3 is 153 Å². The third-order valence-corrected chi connectivity index (χ3v) is 24.3. The number of carbonyl (C=O) groups excluding carboxylic acids is 7. The molecule has 8 aliphatic rings. The molecule has 38 nitrogen and oxygen atoms in total. The summed E-state index contributed by atoms with van der Waals surface area (Å²) in [4.78, 5) is 122. The number of hydrogen-bond acceptors (Lipinski definition) is 31. The summed E-state index contributed by atoms with van der Waals surface area (Å²) >= 11 is 28.4.